The van der Waals surface area contributed by atoms with Crippen molar-refractivity contribution in [3.05, 3.63) is 30.3 Å². The molecule has 0 saturated heterocycles. The number of rotatable bonds is 7. The van der Waals surface area contributed by atoms with E-state index in [0.717, 1.165) is 5.69 Å². The van der Waals surface area contributed by atoms with Gasteiger partial charge in [0.2, 0.25) is 5.91 Å². The highest BCUT2D eigenvalue weighted by Gasteiger charge is 2.03. The number of anilines is 1. The highest BCUT2D eigenvalue weighted by molar-refractivity contribution is 5.94. The maximum Gasteiger partial charge on any atom is 0.243 e. The first-order valence-electron chi connectivity index (χ1n) is 6.63. The number of carbonyl (C=O) groups excluding carboxylic acids is 1. The molecule has 20 heavy (non-hydrogen) atoms. The summed E-state index contributed by atoms with van der Waals surface area (Å²) in [7, 11) is 1.66. The predicted molar refractivity (Wildman–Crippen MR) is 80.9 cm³/mol. The summed E-state index contributed by atoms with van der Waals surface area (Å²) >= 11 is 0. The third kappa shape index (κ3) is 6.75. The molecule has 1 aromatic carbocycles. The number of aliphatic imine (C=N–C) groups is 1. The molecule has 0 aromatic heterocycles. The molecule has 0 aliphatic carbocycles. The molecule has 0 bridgehead atoms. The van der Waals surface area contributed by atoms with E-state index in [-0.39, 0.29) is 12.5 Å². The van der Waals surface area contributed by atoms with Crippen LogP contribution in [-0.2, 0) is 9.53 Å². The van der Waals surface area contributed by atoms with E-state index in [2.05, 4.69) is 20.9 Å². The maximum absolute atomic E-state index is 11.7. The van der Waals surface area contributed by atoms with Gasteiger partial charge < -0.3 is 20.7 Å². The summed E-state index contributed by atoms with van der Waals surface area (Å²) in [4.78, 5) is 15.8. The van der Waals surface area contributed by atoms with Crippen LogP contribution in [0.3, 0.4) is 0 Å². The number of guanidine groups is 1. The quantitative estimate of drug-likeness (QED) is 0.392. The van der Waals surface area contributed by atoms with Crippen molar-refractivity contribution in [3.8, 4) is 0 Å². The Morgan fingerprint density at radius 1 is 1.25 bits per heavy atom. The van der Waals surface area contributed by atoms with E-state index in [1.807, 2.05) is 37.3 Å². The normalized spacial score (nSPS) is 11.0. The fraction of sp³-hybridized carbons (Fsp3) is 0.429. The van der Waals surface area contributed by atoms with E-state index < -0.39 is 0 Å². The zero-order valence-electron chi connectivity index (χ0n) is 12.0. The second-order valence-electron chi connectivity index (χ2n) is 3.96. The molecule has 0 heterocycles. The molecule has 6 nitrogen and oxygen atoms in total. The fourth-order valence-electron chi connectivity index (χ4n) is 1.50. The van der Waals surface area contributed by atoms with Gasteiger partial charge in [-0.1, -0.05) is 18.2 Å². The van der Waals surface area contributed by atoms with Crippen LogP contribution in [0.25, 0.3) is 0 Å². The molecular formula is C14H22N4O2. The van der Waals surface area contributed by atoms with Crippen LogP contribution in [0.2, 0.25) is 0 Å². The summed E-state index contributed by atoms with van der Waals surface area (Å²) in [5, 5.41) is 8.78. The molecule has 0 unspecified atom stereocenters. The third-order valence-corrected chi connectivity index (χ3v) is 2.44. The number of amides is 1. The first kappa shape index (κ1) is 16.0. The molecule has 0 aliphatic rings. The van der Waals surface area contributed by atoms with Gasteiger partial charge in [0, 0.05) is 25.9 Å². The number of benzene rings is 1. The lowest BCUT2D eigenvalue weighted by Gasteiger charge is -2.11. The van der Waals surface area contributed by atoms with Crippen molar-refractivity contribution >= 4 is 17.6 Å². The van der Waals surface area contributed by atoms with Gasteiger partial charge in [-0.25, -0.2) is 0 Å². The van der Waals surface area contributed by atoms with Gasteiger partial charge in [-0.2, -0.15) is 0 Å². The first-order valence-corrected chi connectivity index (χ1v) is 6.63. The second-order valence-corrected chi connectivity index (χ2v) is 3.96. The number of nitrogens with zero attached hydrogens (tertiary/aromatic N) is 1. The van der Waals surface area contributed by atoms with Gasteiger partial charge in [0.1, 0.15) is 0 Å². The molecule has 3 N–H and O–H groups in total. The number of hydrogen-bond donors (Lipinski definition) is 3. The molecular weight excluding hydrogens is 256 g/mol. The lowest BCUT2D eigenvalue weighted by atomic mass is 10.3. The summed E-state index contributed by atoms with van der Waals surface area (Å²) < 4.78 is 5.21. The van der Waals surface area contributed by atoms with E-state index in [0.29, 0.717) is 25.7 Å². The minimum Gasteiger partial charge on any atom is -0.380 e. The molecule has 1 aromatic rings. The molecule has 0 radical (unpaired) electrons. The Balaban J connectivity index is 2.24. The lowest BCUT2D eigenvalue weighted by molar-refractivity contribution is -0.115. The van der Waals surface area contributed by atoms with E-state index in [4.69, 9.17) is 4.74 Å². The SMILES string of the molecule is CCOCCNC(=NC)NCC(=O)Nc1ccccc1. The van der Waals surface area contributed by atoms with Gasteiger partial charge in [-0.05, 0) is 19.1 Å². The number of carbonyl (C=O) groups is 1. The predicted octanol–water partition coefficient (Wildman–Crippen LogP) is 0.827. The van der Waals surface area contributed by atoms with Crippen LogP contribution in [0.15, 0.2) is 35.3 Å². The molecule has 1 amide bonds. The van der Waals surface area contributed by atoms with Crippen LogP contribution >= 0.6 is 0 Å². The Morgan fingerprint density at radius 3 is 2.65 bits per heavy atom. The van der Waals surface area contributed by atoms with Crippen LogP contribution < -0.4 is 16.0 Å². The smallest absolute Gasteiger partial charge is 0.243 e. The van der Waals surface area contributed by atoms with Crippen LogP contribution in [0.1, 0.15) is 6.92 Å². The van der Waals surface area contributed by atoms with Crippen LogP contribution in [0, 0.1) is 0 Å². The Kier molecular flexibility index (Phi) is 7.83. The van der Waals surface area contributed by atoms with Crippen molar-refractivity contribution in [2.75, 3.05) is 38.7 Å². The Morgan fingerprint density at radius 2 is 2.00 bits per heavy atom. The highest BCUT2D eigenvalue weighted by Crippen LogP contribution is 2.03. The fourth-order valence-corrected chi connectivity index (χ4v) is 1.50. The van der Waals surface area contributed by atoms with Crippen molar-refractivity contribution in [2.24, 2.45) is 4.99 Å². The Labute approximate surface area is 119 Å². The zero-order valence-corrected chi connectivity index (χ0v) is 12.0. The molecule has 0 atom stereocenters. The standard InChI is InChI=1S/C14H22N4O2/c1-3-20-10-9-16-14(15-2)17-11-13(19)18-12-7-5-4-6-8-12/h4-8H,3,9-11H2,1-2H3,(H,18,19)(H2,15,16,17). The van der Waals surface area contributed by atoms with Gasteiger partial charge >= 0.3 is 0 Å². The number of para-hydroxylation sites is 1. The number of ether oxygens (including phenoxy) is 1. The minimum absolute atomic E-state index is 0.121. The zero-order chi connectivity index (χ0) is 14.6. The molecule has 0 spiro atoms. The van der Waals surface area contributed by atoms with Gasteiger partial charge in [0.15, 0.2) is 5.96 Å². The highest BCUT2D eigenvalue weighted by atomic mass is 16.5. The molecule has 0 saturated carbocycles. The lowest BCUT2D eigenvalue weighted by Crippen LogP contribution is -2.42. The van der Waals surface area contributed by atoms with Crippen molar-refractivity contribution < 1.29 is 9.53 Å². The van der Waals surface area contributed by atoms with Gasteiger partial charge in [-0.3, -0.25) is 9.79 Å². The number of hydrogen-bond acceptors (Lipinski definition) is 3. The molecule has 1 rings (SSSR count). The summed E-state index contributed by atoms with van der Waals surface area (Å²) in [5.41, 5.74) is 0.776. The Hall–Kier alpha value is -2.08. The van der Waals surface area contributed by atoms with E-state index in [9.17, 15) is 4.79 Å². The van der Waals surface area contributed by atoms with E-state index in [1.165, 1.54) is 0 Å². The average Bonchev–Trinajstić information content (AvgIpc) is 2.47. The van der Waals surface area contributed by atoms with Crippen LogP contribution in [-0.4, -0.2) is 45.2 Å². The third-order valence-electron chi connectivity index (χ3n) is 2.44. The van der Waals surface area contributed by atoms with Crippen LogP contribution in [0.4, 0.5) is 5.69 Å². The summed E-state index contributed by atoms with van der Waals surface area (Å²) in [5.74, 6) is 0.455. The van der Waals surface area contributed by atoms with Gasteiger partial charge in [-0.15, -0.1) is 0 Å². The second kappa shape index (κ2) is 9.80. The van der Waals surface area contributed by atoms with Crippen LogP contribution in [0.5, 0.6) is 0 Å². The Bertz CT molecular complexity index is 420. The molecule has 110 valence electrons. The maximum atomic E-state index is 11.7. The summed E-state index contributed by atoms with van der Waals surface area (Å²) in [6.07, 6.45) is 0. The summed E-state index contributed by atoms with van der Waals surface area (Å²) in [6, 6.07) is 9.33. The topological polar surface area (TPSA) is 74.8 Å². The molecule has 0 aliphatic heterocycles. The van der Waals surface area contributed by atoms with Crippen molar-refractivity contribution in [3.63, 3.8) is 0 Å². The average molecular weight is 278 g/mol. The van der Waals surface area contributed by atoms with E-state index >= 15 is 0 Å². The van der Waals surface area contributed by atoms with Crippen molar-refractivity contribution in [1.82, 2.24) is 10.6 Å². The largest absolute Gasteiger partial charge is 0.380 e. The molecule has 0 fully saturated rings. The van der Waals surface area contributed by atoms with Crippen molar-refractivity contribution in [1.29, 1.82) is 0 Å². The minimum atomic E-state index is -0.121. The number of nitrogens with one attached hydrogen (secondary N) is 3. The van der Waals surface area contributed by atoms with Gasteiger partial charge in [0.05, 0.1) is 13.2 Å². The van der Waals surface area contributed by atoms with Crippen molar-refractivity contribution in [2.45, 2.75) is 6.92 Å². The van der Waals surface area contributed by atoms with E-state index in [1.54, 1.807) is 7.05 Å². The van der Waals surface area contributed by atoms with Gasteiger partial charge in [0.25, 0.3) is 0 Å². The summed E-state index contributed by atoms with van der Waals surface area (Å²) in [6.45, 7) is 4.04. The first-order chi connectivity index (χ1) is 9.76. The molecule has 6 heteroatoms. The monoisotopic (exact) mass is 278 g/mol.